The molecule has 10 nitrogen and oxygen atoms in total. The Balaban J connectivity index is 1.51. The Morgan fingerprint density at radius 2 is 1.97 bits per heavy atom. The largest absolute Gasteiger partial charge is 0.490 e. The van der Waals surface area contributed by atoms with E-state index in [-0.39, 0.29) is 47.8 Å². The number of rotatable bonds is 6. The lowest BCUT2D eigenvalue weighted by Crippen LogP contribution is -2.39. The van der Waals surface area contributed by atoms with Gasteiger partial charge in [0.05, 0.1) is 31.4 Å². The van der Waals surface area contributed by atoms with Crippen LogP contribution in [0.2, 0.25) is 0 Å². The highest BCUT2D eigenvalue weighted by atomic mass is 16.5. The summed E-state index contributed by atoms with van der Waals surface area (Å²) in [5.41, 5.74) is 1.19. The Kier molecular flexibility index (Phi) is 7.18. The Bertz CT molecular complexity index is 1180. The van der Waals surface area contributed by atoms with Crippen LogP contribution in [-0.4, -0.2) is 70.0 Å². The molecule has 0 aliphatic carbocycles. The first-order valence-electron chi connectivity index (χ1n) is 11.8. The molecule has 1 atom stereocenters. The summed E-state index contributed by atoms with van der Waals surface area (Å²) in [7, 11) is 1.28. The fourth-order valence-corrected chi connectivity index (χ4v) is 4.67. The molecule has 0 aromatic carbocycles. The number of nitrogens with zero attached hydrogens (tertiary/aromatic N) is 4. The minimum absolute atomic E-state index is 0.0771. The molecule has 0 unspecified atom stereocenters. The molecule has 0 spiro atoms. The van der Waals surface area contributed by atoms with Crippen molar-refractivity contribution in [3.8, 4) is 5.75 Å². The molecule has 0 saturated carbocycles. The molecule has 1 fully saturated rings. The summed E-state index contributed by atoms with van der Waals surface area (Å²) < 4.78 is 12.2. The second-order valence-corrected chi connectivity index (χ2v) is 9.05. The predicted octanol–water partition coefficient (Wildman–Crippen LogP) is 1.25. The van der Waals surface area contributed by atoms with Gasteiger partial charge in [0.25, 0.3) is 5.56 Å². The minimum atomic E-state index is -0.587. The fourth-order valence-electron chi connectivity index (χ4n) is 4.67. The van der Waals surface area contributed by atoms with Crippen molar-refractivity contribution < 1.29 is 23.9 Å². The third kappa shape index (κ3) is 5.21. The van der Waals surface area contributed by atoms with Gasteiger partial charge in [0.15, 0.2) is 0 Å². The molecular formula is C25H30N4O6. The molecule has 2 aromatic rings. The molecule has 4 heterocycles. The van der Waals surface area contributed by atoms with E-state index in [2.05, 4.69) is 4.98 Å². The van der Waals surface area contributed by atoms with Crippen molar-refractivity contribution in [3.05, 3.63) is 57.8 Å². The van der Waals surface area contributed by atoms with Gasteiger partial charge in [-0.25, -0.2) is 4.79 Å². The molecule has 1 saturated heterocycles. The molecular weight excluding hydrogens is 452 g/mol. The van der Waals surface area contributed by atoms with Crippen LogP contribution in [0, 0.1) is 5.92 Å². The van der Waals surface area contributed by atoms with Crippen molar-refractivity contribution in [2.45, 2.75) is 45.9 Å². The normalized spacial score (nSPS) is 17.8. The number of fused-ring (bicyclic) bond motifs is 1. The average Bonchev–Trinajstić information content (AvgIpc) is 3.05. The lowest BCUT2D eigenvalue weighted by atomic mass is 10.1. The molecule has 4 rings (SSSR count). The van der Waals surface area contributed by atoms with Crippen LogP contribution < -0.4 is 10.3 Å². The number of pyridine rings is 2. The van der Waals surface area contributed by atoms with Gasteiger partial charge < -0.3 is 23.8 Å². The SMILES string of the molecule is COC(=O)c1c(OC(C)C)cc(=O)n2c1CCN(C(=O)[C@@H]1CC(=O)N(Cc3ccccn3)C1)CC2. The highest BCUT2D eigenvalue weighted by molar-refractivity contribution is 5.94. The van der Waals surface area contributed by atoms with Crippen molar-refractivity contribution in [3.63, 3.8) is 0 Å². The molecule has 0 radical (unpaired) electrons. The average molecular weight is 483 g/mol. The summed E-state index contributed by atoms with van der Waals surface area (Å²) >= 11 is 0. The zero-order valence-electron chi connectivity index (χ0n) is 20.2. The highest BCUT2D eigenvalue weighted by Gasteiger charge is 2.37. The maximum atomic E-state index is 13.3. The van der Waals surface area contributed by atoms with E-state index in [1.165, 1.54) is 17.7 Å². The fraction of sp³-hybridized carbons (Fsp3) is 0.480. The van der Waals surface area contributed by atoms with Crippen LogP contribution in [0.4, 0.5) is 0 Å². The number of amides is 2. The van der Waals surface area contributed by atoms with E-state index in [0.717, 1.165) is 5.69 Å². The van der Waals surface area contributed by atoms with Gasteiger partial charge in [-0.2, -0.15) is 0 Å². The van der Waals surface area contributed by atoms with Gasteiger partial charge >= 0.3 is 5.97 Å². The Labute approximate surface area is 203 Å². The lowest BCUT2D eigenvalue weighted by molar-refractivity contribution is -0.135. The molecule has 2 aliphatic rings. The summed E-state index contributed by atoms with van der Waals surface area (Å²) in [6.45, 7) is 5.18. The van der Waals surface area contributed by atoms with Gasteiger partial charge in [0.1, 0.15) is 11.3 Å². The number of ether oxygens (including phenoxy) is 2. The number of carbonyl (C=O) groups excluding carboxylic acids is 3. The van der Waals surface area contributed by atoms with Crippen LogP contribution in [0.15, 0.2) is 35.3 Å². The number of hydrogen-bond donors (Lipinski definition) is 0. The second kappa shape index (κ2) is 10.3. The first-order chi connectivity index (χ1) is 16.8. The number of aromatic nitrogens is 2. The van der Waals surface area contributed by atoms with E-state index in [1.54, 1.807) is 16.0 Å². The van der Waals surface area contributed by atoms with E-state index in [0.29, 0.717) is 38.3 Å². The number of carbonyl (C=O) groups is 3. The molecule has 0 N–H and O–H groups in total. The van der Waals surface area contributed by atoms with Gasteiger partial charge in [0, 0.05) is 57.0 Å². The summed E-state index contributed by atoms with van der Waals surface area (Å²) in [5, 5.41) is 0. The smallest absolute Gasteiger partial charge is 0.343 e. The third-order valence-electron chi connectivity index (χ3n) is 6.30. The van der Waals surface area contributed by atoms with Crippen molar-refractivity contribution in [1.29, 1.82) is 0 Å². The number of esters is 1. The van der Waals surface area contributed by atoms with Crippen molar-refractivity contribution in [2.24, 2.45) is 5.92 Å². The lowest BCUT2D eigenvalue weighted by Gasteiger charge is -2.23. The molecule has 0 bridgehead atoms. The maximum absolute atomic E-state index is 13.3. The predicted molar refractivity (Wildman–Crippen MR) is 126 cm³/mol. The molecule has 35 heavy (non-hydrogen) atoms. The Hall–Kier alpha value is -3.69. The van der Waals surface area contributed by atoms with E-state index in [9.17, 15) is 19.2 Å². The summed E-state index contributed by atoms with van der Waals surface area (Å²) in [4.78, 5) is 59.0. The van der Waals surface area contributed by atoms with E-state index < -0.39 is 11.9 Å². The topological polar surface area (TPSA) is 111 Å². The van der Waals surface area contributed by atoms with E-state index >= 15 is 0 Å². The summed E-state index contributed by atoms with van der Waals surface area (Å²) in [6.07, 6.45) is 1.88. The third-order valence-corrected chi connectivity index (χ3v) is 6.30. The van der Waals surface area contributed by atoms with Crippen LogP contribution in [0.1, 0.15) is 42.0 Å². The van der Waals surface area contributed by atoms with Crippen LogP contribution in [0.3, 0.4) is 0 Å². The first kappa shape index (κ1) is 24.4. The molecule has 2 amide bonds. The summed E-state index contributed by atoms with van der Waals surface area (Å²) in [6, 6.07) is 6.83. The monoisotopic (exact) mass is 482 g/mol. The molecule has 10 heteroatoms. The Morgan fingerprint density at radius 1 is 1.17 bits per heavy atom. The quantitative estimate of drug-likeness (QED) is 0.570. The maximum Gasteiger partial charge on any atom is 0.343 e. The molecule has 2 aromatic heterocycles. The highest BCUT2D eigenvalue weighted by Crippen LogP contribution is 2.27. The molecule has 2 aliphatic heterocycles. The van der Waals surface area contributed by atoms with Crippen LogP contribution in [-0.2, 0) is 33.8 Å². The zero-order chi connectivity index (χ0) is 25.1. The number of methoxy groups -OCH3 is 1. The minimum Gasteiger partial charge on any atom is -0.490 e. The molecule has 186 valence electrons. The summed E-state index contributed by atoms with van der Waals surface area (Å²) in [5.74, 6) is -1.05. The van der Waals surface area contributed by atoms with Crippen molar-refractivity contribution in [2.75, 3.05) is 26.7 Å². The van der Waals surface area contributed by atoms with E-state index in [1.807, 2.05) is 32.0 Å². The van der Waals surface area contributed by atoms with Gasteiger partial charge in [-0.1, -0.05) is 6.07 Å². The number of hydrogen-bond acceptors (Lipinski definition) is 7. The van der Waals surface area contributed by atoms with Crippen LogP contribution in [0.5, 0.6) is 5.75 Å². The Morgan fingerprint density at radius 3 is 2.66 bits per heavy atom. The number of likely N-dealkylation sites (tertiary alicyclic amines) is 1. The van der Waals surface area contributed by atoms with Crippen LogP contribution >= 0.6 is 0 Å². The van der Waals surface area contributed by atoms with E-state index in [4.69, 9.17) is 9.47 Å². The van der Waals surface area contributed by atoms with Crippen LogP contribution in [0.25, 0.3) is 0 Å². The van der Waals surface area contributed by atoms with Crippen molar-refractivity contribution >= 4 is 17.8 Å². The van der Waals surface area contributed by atoms with Gasteiger partial charge in [-0.3, -0.25) is 19.4 Å². The first-order valence-corrected chi connectivity index (χ1v) is 11.8. The van der Waals surface area contributed by atoms with Crippen molar-refractivity contribution in [1.82, 2.24) is 19.4 Å². The van der Waals surface area contributed by atoms with Gasteiger partial charge in [-0.05, 0) is 26.0 Å². The zero-order valence-corrected chi connectivity index (χ0v) is 20.2. The standard InChI is InChI=1S/C25H30N4O6/c1-16(2)35-20-13-22(31)29-11-10-27(9-7-19(29)23(20)25(33)34-3)24(32)17-12-21(30)28(14-17)15-18-6-4-5-8-26-18/h4-6,8,13,16-17H,7,9-12,14-15H2,1-3H3/t17-/m1/s1. The van der Waals surface area contributed by atoms with Gasteiger partial charge in [0.2, 0.25) is 11.8 Å². The second-order valence-electron chi connectivity index (χ2n) is 9.05. The van der Waals surface area contributed by atoms with Gasteiger partial charge in [-0.15, -0.1) is 0 Å².